The number of rotatable bonds is 2. The normalized spacial score (nSPS) is 46.9. The van der Waals surface area contributed by atoms with Crippen molar-refractivity contribution in [2.45, 2.75) is 91.2 Å². The highest BCUT2D eigenvalue weighted by Crippen LogP contribution is 2.67. The van der Waals surface area contributed by atoms with Crippen molar-refractivity contribution in [3.8, 4) is 0 Å². The van der Waals surface area contributed by atoms with Crippen LogP contribution >= 0.6 is 0 Å². The van der Waals surface area contributed by atoms with E-state index in [1.807, 2.05) is 10.9 Å². The molecule has 3 nitrogen and oxygen atoms in total. The number of hydrogen-bond donors (Lipinski definition) is 1. The molecular weight excluding hydrogens is 344 g/mol. The molecule has 0 spiro atoms. The smallest absolute Gasteiger partial charge is 0.0809 e. The molecule has 0 amide bonds. The number of aliphatic hydroxyl groups is 1. The first-order chi connectivity index (χ1) is 13.5. The maximum atomic E-state index is 11.4. The molecule has 3 heteroatoms. The van der Waals surface area contributed by atoms with Crippen LogP contribution in [-0.2, 0) is 6.54 Å². The zero-order valence-corrected chi connectivity index (χ0v) is 18.0. The van der Waals surface area contributed by atoms with E-state index in [0.717, 1.165) is 36.3 Å². The van der Waals surface area contributed by atoms with Gasteiger partial charge in [-0.2, -0.15) is 5.10 Å². The third kappa shape index (κ3) is 2.68. The Morgan fingerprint density at radius 2 is 1.96 bits per heavy atom. The number of aryl methyl sites for hydroxylation is 1. The average molecular weight is 383 g/mol. The minimum atomic E-state index is -0.277. The molecule has 1 heterocycles. The van der Waals surface area contributed by atoms with Gasteiger partial charge in [0, 0.05) is 23.7 Å². The lowest BCUT2D eigenvalue weighted by Gasteiger charge is -2.60. The first-order valence-electron chi connectivity index (χ1n) is 11.9. The fourth-order valence-corrected chi connectivity index (χ4v) is 8.14. The van der Waals surface area contributed by atoms with Gasteiger partial charge in [0.15, 0.2) is 0 Å². The van der Waals surface area contributed by atoms with E-state index in [2.05, 4.69) is 38.1 Å². The number of aromatic nitrogens is 2. The Kier molecular flexibility index (Phi) is 4.54. The fraction of sp³-hybridized carbons (Fsp3) is 0.800. The molecule has 28 heavy (non-hydrogen) atoms. The first kappa shape index (κ1) is 18.9. The molecule has 0 aliphatic heterocycles. The van der Waals surface area contributed by atoms with Gasteiger partial charge in [0.2, 0.25) is 0 Å². The third-order valence-electron chi connectivity index (χ3n) is 9.78. The zero-order chi connectivity index (χ0) is 19.5. The highest BCUT2D eigenvalue weighted by atomic mass is 16.3. The van der Waals surface area contributed by atoms with Gasteiger partial charge in [-0.3, -0.25) is 4.68 Å². The fourth-order valence-electron chi connectivity index (χ4n) is 8.14. The molecule has 5 rings (SSSR count). The van der Waals surface area contributed by atoms with Crippen LogP contribution in [0.2, 0.25) is 0 Å². The molecule has 0 unspecified atom stereocenters. The van der Waals surface area contributed by atoms with Crippen LogP contribution in [-0.4, -0.2) is 21.0 Å². The minimum Gasteiger partial charge on any atom is -0.388 e. The van der Waals surface area contributed by atoms with Crippen LogP contribution in [0, 0.1) is 34.5 Å². The third-order valence-corrected chi connectivity index (χ3v) is 9.78. The Hall–Kier alpha value is -1.09. The first-order valence-corrected chi connectivity index (χ1v) is 11.9. The lowest BCUT2D eigenvalue weighted by molar-refractivity contribution is -0.119. The van der Waals surface area contributed by atoms with E-state index < -0.39 is 0 Å². The number of fused-ring (bicyclic) bond motifs is 5. The SMILES string of the molecule is CCn1cc(/C=C2/C[C@H]3[C@@H]4CC[C@@H]5CCCC[C@]5(C)[C@H]4CC[C@]3(C)[C@@H]2O)cn1. The van der Waals surface area contributed by atoms with Crippen LogP contribution in [0.15, 0.2) is 18.0 Å². The summed E-state index contributed by atoms with van der Waals surface area (Å²) in [6.45, 7) is 8.05. The molecule has 4 aliphatic rings. The minimum absolute atomic E-state index is 0.0750. The molecule has 1 aromatic heterocycles. The van der Waals surface area contributed by atoms with Crippen molar-refractivity contribution in [1.82, 2.24) is 9.78 Å². The van der Waals surface area contributed by atoms with Crippen LogP contribution < -0.4 is 0 Å². The van der Waals surface area contributed by atoms with Crippen molar-refractivity contribution in [3.05, 3.63) is 23.5 Å². The summed E-state index contributed by atoms with van der Waals surface area (Å²) in [5.74, 6) is 3.33. The monoisotopic (exact) mass is 382 g/mol. The van der Waals surface area contributed by atoms with Gasteiger partial charge in [-0.1, -0.05) is 32.8 Å². The van der Waals surface area contributed by atoms with Crippen molar-refractivity contribution in [1.29, 1.82) is 0 Å². The molecule has 0 aromatic carbocycles. The summed E-state index contributed by atoms with van der Waals surface area (Å²) in [6, 6.07) is 0. The summed E-state index contributed by atoms with van der Waals surface area (Å²) in [5.41, 5.74) is 3.06. The zero-order valence-electron chi connectivity index (χ0n) is 18.0. The summed E-state index contributed by atoms with van der Waals surface area (Å²) in [7, 11) is 0. The van der Waals surface area contributed by atoms with Crippen molar-refractivity contribution >= 4 is 6.08 Å². The van der Waals surface area contributed by atoms with Gasteiger partial charge in [-0.05, 0) is 86.5 Å². The van der Waals surface area contributed by atoms with E-state index in [-0.39, 0.29) is 11.5 Å². The molecule has 0 radical (unpaired) electrons. The molecule has 1 N–H and O–H groups in total. The van der Waals surface area contributed by atoms with E-state index in [1.54, 1.807) is 0 Å². The second-order valence-corrected chi connectivity index (χ2v) is 10.9. The van der Waals surface area contributed by atoms with Crippen LogP contribution in [0.5, 0.6) is 0 Å². The second kappa shape index (κ2) is 6.72. The van der Waals surface area contributed by atoms with E-state index in [9.17, 15) is 5.11 Å². The van der Waals surface area contributed by atoms with Gasteiger partial charge in [0.05, 0.1) is 12.3 Å². The number of hydrogen-bond acceptors (Lipinski definition) is 2. The largest absolute Gasteiger partial charge is 0.388 e. The summed E-state index contributed by atoms with van der Waals surface area (Å²) in [4.78, 5) is 0. The predicted molar refractivity (Wildman–Crippen MR) is 114 cm³/mol. The molecule has 4 saturated carbocycles. The second-order valence-electron chi connectivity index (χ2n) is 10.9. The summed E-state index contributed by atoms with van der Waals surface area (Å²) in [6.07, 6.45) is 18.3. The van der Waals surface area contributed by atoms with E-state index in [4.69, 9.17) is 0 Å². The summed E-state index contributed by atoms with van der Waals surface area (Å²) < 4.78 is 1.98. The van der Waals surface area contributed by atoms with Gasteiger partial charge >= 0.3 is 0 Å². The van der Waals surface area contributed by atoms with Crippen LogP contribution in [0.4, 0.5) is 0 Å². The highest BCUT2D eigenvalue weighted by Gasteiger charge is 2.60. The van der Waals surface area contributed by atoms with Gasteiger partial charge < -0.3 is 5.11 Å². The average Bonchev–Trinajstić information content (AvgIpc) is 3.25. The maximum absolute atomic E-state index is 11.4. The van der Waals surface area contributed by atoms with Crippen LogP contribution in [0.3, 0.4) is 0 Å². The maximum Gasteiger partial charge on any atom is 0.0809 e. The Morgan fingerprint density at radius 1 is 1.11 bits per heavy atom. The van der Waals surface area contributed by atoms with Gasteiger partial charge in [-0.25, -0.2) is 0 Å². The Balaban J connectivity index is 1.44. The number of aliphatic hydroxyl groups excluding tert-OH is 1. The Morgan fingerprint density at radius 3 is 2.75 bits per heavy atom. The molecule has 4 fully saturated rings. The van der Waals surface area contributed by atoms with E-state index in [0.29, 0.717) is 11.3 Å². The molecule has 154 valence electrons. The topological polar surface area (TPSA) is 38.0 Å². The van der Waals surface area contributed by atoms with Gasteiger partial charge in [0.25, 0.3) is 0 Å². The van der Waals surface area contributed by atoms with Crippen LogP contribution in [0.1, 0.15) is 84.1 Å². The van der Waals surface area contributed by atoms with E-state index >= 15 is 0 Å². The number of nitrogens with zero attached hydrogens (tertiary/aromatic N) is 2. The standard InChI is InChI=1S/C25H38N2O/c1-4-27-16-17(15-26-27)13-18-14-22-20-9-8-19-7-5-6-11-24(19,2)21(20)10-12-25(22,3)23(18)28/h13,15-16,19-23,28H,4-12,14H2,1-3H3/b18-13-/t19-,20+,21-,22-,23+,24-,25-/m0/s1. The molecule has 0 saturated heterocycles. The molecule has 1 aromatic rings. The lowest BCUT2D eigenvalue weighted by atomic mass is 9.45. The Bertz CT molecular complexity index is 766. The Labute approximate surface area is 170 Å². The lowest BCUT2D eigenvalue weighted by Crippen LogP contribution is -2.53. The predicted octanol–water partition coefficient (Wildman–Crippen LogP) is 5.69. The van der Waals surface area contributed by atoms with Crippen molar-refractivity contribution in [2.75, 3.05) is 0 Å². The van der Waals surface area contributed by atoms with Gasteiger partial charge in [0.1, 0.15) is 0 Å². The molecular formula is C25H38N2O. The highest BCUT2D eigenvalue weighted by molar-refractivity contribution is 5.54. The van der Waals surface area contributed by atoms with E-state index in [1.165, 1.54) is 56.9 Å². The van der Waals surface area contributed by atoms with Crippen LogP contribution in [0.25, 0.3) is 6.08 Å². The summed E-state index contributed by atoms with van der Waals surface area (Å²) in [5, 5.41) is 15.8. The van der Waals surface area contributed by atoms with Crippen molar-refractivity contribution < 1.29 is 5.11 Å². The quantitative estimate of drug-likeness (QED) is 0.713. The molecule has 7 atom stereocenters. The summed E-state index contributed by atoms with van der Waals surface area (Å²) >= 11 is 0. The van der Waals surface area contributed by atoms with Crippen molar-refractivity contribution in [3.63, 3.8) is 0 Å². The molecule has 4 aliphatic carbocycles. The van der Waals surface area contributed by atoms with Gasteiger partial charge in [-0.15, -0.1) is 0 Å². The van der Waals surface area contributed by atoms with Crippen molar-refractivity contribution in [2.24, 2.45) is 34.5 Å². The molecule has 0 bridgehead atoms.